The average molecular weight is 341 g/mol. The van der Waals surface area contributed by atoms with Crippen LogP contribution in [0.3, 0.4) is 0 Å². The molecule has 0 radical (unpaired) electrons. The van der Waals surface area contributed by atoms with Crippen molar-refractivity contribution in [3.8, 4) is 17.2 Å². The molecular formula is C20H11N3O3. The third-order valence-corrected chi connectivity index (χ3v) is 4.22. The van der Waals surface area contributed by atoms with Crippen LogP contribution in [0, 0.1) is 11.3 Å². The number of fused-ring (bicyclic) bond motifs is 2. The molecule has 0 saturated heterocycles. The highest BCUT2D eigenvalue weighted by Gasteiger charge is 2.13. The Morgan fingerprint density at radius 2 is 1.81 bits per heavy atom. The Balaban J connectivity index is 1.98. The number of nitrogens with zero attached hydrogens (tertiary/aromatic N) is 3. The summed E-state index contributed by atoms with van der Waals surface area (Å²) in [5, 5.41) is 18.6. The van der Waals surface area contributed by atoms with Crippen molar-refractivity contribution >= 4 is 22.5 Å². The van der Waals surface area contributed by atoms with E-state index in [0.717, 1.165) is 11.1 Å². The van der Waals surface area contributed by atoms with Gasteiger partial charge in [-0.3, -0.25) is 9.20 Å². The highest BCUT2D eigenvalue weighted by molar-refractivity contribution is 5.96. The summed E-state index contributed by atoms with van der Waals surface area (Å²) in [4.78, 5) is 28.6. The highest BCUT2D eigenvalue weighted by atomic mass is 16.4. The maximum absolute atomic E-state index is 12.8. The number of benzene rings is 2. The number of rotatable bonds is 2. The zero-order valence-electron chi connectivity index (χ0n) is 13.4. The van der Waals surface area contributed by atoms with E-state index in [1.54, 1.807) is 24.3 Å². The van der Waals surface area contributed by atoms with Crippen LogP contribution in [-0.4, -0.2) is 20.5 Å². The number of carboxylic acid groups (broad SMARTS) is 1. The minimum absolute atomic E-state index is 0.0253. The van der Waals surface area contributed by atoms with Gasteiger partial charge in [0, 0.05) is 6.20 Å². The predicted octanol–water partition coefficient (Wildman–Crippen LogP) is 3.08. The molecule has 2 aromatic heterocycles. The van der Waals surface area contributed by atoms with Gasteiger partial charge in [-0.2, -0.15) is 5.26 Å². The molecule has 2 heterocycles. The maximum atomic E-state index is 12.8. The van der Waals surface area contributed by atoms with Crippen molar-refractivity contribution in [3.63, 3.8) is 0 Å². The van der Waals surface area contributed by atoms with E-state index in [2.05, 4.69) is 11.1 Å². The standard InChI is InChI=1S/C20H11N3O3/c21-11-12-3-5-13(6-4-12)14-7-8-17-16(10-14)19(24)23-9-1-2-15(20(25)26)18(23)22-17/h1-10H,(H,25,26). The fourth-order valence-corrected chi connectivity index (χ4v) is 2.91. The van der Waals surface area contributed by atoms with Crippen LogP contribution in [0.5, 0.6) is 0 Å². The summed E-state index contributed by atoms with van der Waals surface area (Å²) in [5.74, 6) is -1.14. The van der Waals surface area contributed by atoms with Gasteiger partial charge in [0.2, 0.25) is 0 Å². The van der Waals surface area contributed by atoms with Crippen molar-refractivity contribution in [2.45, 2.75) is 0 Å². The van der Waals surface area contributed by atoms with Crippen molar-refractivity contribution in [2.24, 2.45) is 0 Å². The first-order chi connectivity index (χ1) is 12.6. The van der Waals surface area contributed by atoms with E-state index in [1.165, 1.54) is 22.7 Å². The molecule has 6 nitrogen and oxygen atoms in total. The number of aromatic carboxylic acids is 1. The second-order valence-corrected chi connectivity index (χ2v) is 5.76. The molecule has 0 aliphatic carbocycles. The lowest BCUT2D eigenvalue weighted by Gasteiger charge is -2.07. The van der Waals surface area contributed by atoms with Gasteiger partial charge in [0.05, 0.1) is 22.5 Å². The molecule has 0 unspecified atom stereocenters. The van der Waals surface area contributed by atoms with E-state index in [0.29, 0.717) is 16.5 Å². The number of carboxylic acids is 1. The molecule has 0 fully saturated rings. The first-order valence-corrected chi connectivity index (χ1v) is 7.77. The molecular weight excluding hydrogens is 330 g/mol. The van der Waals surface area contributed by atoms with E-state index < -0.39 is 5.97 Å². The van der Waals surface area contributed by atoms with Gasteiger partial charge in [-0.25, -0.2) is 9.78 Å². The van der Waals surface area contributed by atoms with Crippen LogP contribution >= 0.6 is 0 Å². The Kier molecular flexibility index (Phi) is 3.48. The number of carbonyl (C=O) groups is 1. The third kappa shape index (κ3) is 2.39. The second kappa shape index (κ2) is 5.83. The summed E-state index contributed by atoms with van der Waals surface area (Å²) in [5.41, 5.74) is 2.43. The minimum atomic E-state index is -1.14. The summed E-state index contributed by atoms with van der Waals surface area (Å²) >= 11 is 0. The Morgan fingerprint density at radius 1 is 1.08 bits per heavy atom. The van der Waals surface area contributed by atoms with Gasteiger partial charge < -0.3 is 5.11 Å². The van der Waals surface area contributed by atoms with Crippen LogP contribution in [0.2, 0.25) is 0 Å². The number of hydrogen-bond acceptors (Lipinski definition) is 4. The molecule has 2 aromatic carbocycles. The van der Waals surface area contributed by atoms with Crippen molar-refractivity contribution < 1.29 is 9.90 Å². The lowest BCUT2D eigenvalue weighted by molar-refractivity contribution is 0.0698. The number of pyridine rings is 1. The smallest absolute Gasteiger partial charge is 0.339 e. The summed E-state index contributed by atoms with van der Waals surface area (Å²) in [6.45, 7) is 0. The first kappa shape index (κ1) is 15.5. The molecule has 0 spiro atoms. The van der Waals surface area contributed by atoms with Crippen molar-refractivity contribution in [2.75, 3.05) is 0 Å². The quantitative estimate of drug-likeness (QED) is 0.565. The minimum Gasteiger partial charge on any atom is -0.478 e. The summed E-state index contributed by atoms with van der Waals surface area (Å²) < 4.78 is 1.24. The normalized spacial score (nSPS) is 10.7. The Bertz CT molecular complexity index is 1280. The molecule has 0 aliphatic rings. The van der Waals surface area contributed by atoms with Gasteiger partial charge in [0.15, 0.2) is 5.65 Å². The van der Waals surface area contributed by atoms with Gasteiger partial charge in [0.25, 0.3) is 5.56 Å². The number of hydrogen-bond donors (Lipinski definition) is 1. The van der Waals surface area contributed by atoms with Crippen LogP contribution in [0.4, 0.5) is 0 Å². The predicted molar refractivity (Wildman–Crippen MR) is 96.1 cm³/mol. The largest absolute Gasteiger partial charge is 0.478 e. The fraction of sp³-hybridized carbons (Fsp3) is 0. The lowest BCUT2D eigenvalue weighted by Crippen LogP contribution is -2.17. The Labute approximate surface area is 147 Å². The van der Waals surface area contributed by atoms with E-state index in [1.807, 2.05) is 18.2 Å². The molecule has 0 amide bonds. The van der Waals surface area contributed by atoms with Crippen molar-refractivity contribution in [1.29, 1.82) is 5.26 Å². The lowest BCUT2D eigenvalue weighted by atomic mass is 10.0. The maximum Gasteiger partial charge on any atom is 0.339 e. The Hall–Kier alpha value is -3.98. The molecule has 6 heteroatoms. The van der Waals surface area contributed by atoms with Crippen LogP contribution < -0.4 is 5.56 Å². The van der Waals surface area contributed by atoms with Crippen LogP contribution in [0.1, 0.15) is 15.9 Å². The van der Waals surface area contributed by atoms with E-state index in [-0.39, 0.29) is 16.8 Å². The molecule has 4 rings (SSSR count). The number of aromatic nitrogens is 2. The zero-order chi connectivity index (χ0) is 18.3. The van der Waals surface area contributed by atoms with Gasteiger partial charge in [0.1, 0.15) is 5.56 Å². The molecule has 1 N–H and O–H groups in total. The number of nitriles is 1. The van der Waals surface area contributed by atoms with Crippen LogP contribution in [-0.2, 0) is 0 Å². The first-order valence-electron chi connectivity index (χ1n) is 7.77. The summed E-state index contributed by atoms with van der Waals surface area (Å²) in [6.07, 6.45) is 1.50. The van der Waals surface area contributed by atoms with Crippen molar-refractivity contribution in [3.05, 3.63) is 82.3 Å². The SMILES string of the molecule is N#Cc1ccc(-c2ccc3nc4c(C(=O)O)cccn4c(=O)c3c2)cc1. The van der Waals surface area contributed by atoms with Crippen molar-refractivity contribution in [1.82, 2.24) is 9.38 Å². The molecule has 0 aliphatic heterocycles. The summed E-state index contributed by atoms with van der Waals surface area (Å²) in [7, 11) is 0. The van der Waals surface area contributed by atoms with E-state index in [9.17, 15) is 14.7 Å². The van der Waals surface area contributed by atoms with Gasteiger partial charge in [-0.15, -0.1) is 0 Å². The third-order valence-electron chi connectivity index (χ3n) is 4.22. The molecule has 0 atom stereocenters. The zero-order valence-corrected chi connectivity index (χ0v) is 13.4. The van der Waals surface area contributed by atoms with E-state index in [4.69, 9.17) is 5.26 Å². The molecule has 0 saturated carbocycles. The summed E-state index contributed by atoms with van der Waals surface area (Å²) in [6, 6.07) is 17.3. The monoisotopic (exact) mass is 341 g/mol. The highest BCUT2D eigenvalue weighted by Crippen LogP contribution is 2.23. The topological polar surface area (TPSA) is 95.5 Å². The van der Waals surface area contributed by atoms with Crippen LogP contribution in [0.25, 0.3) is 27.7 Å². The molecule has 0 bridgehead atoms. The van der Waals surface area contributed by atoms with Crippen LogP contribution in [0.15, 0.2) is 65.6 Å². The molecule has 4 aromatic rings. The van der Waals surface area contributed by atoms with Gasteiger partial charge >= 0.3 is 5.97 Å². The molecule has 26 heavy (non-hydrogen) atoms. The molecule has 124 valence electrons. The Morgan fingerprint density at radius 3 is 2.50 bits per heavy atom. The fourth-order valence-electron chi connectivity index (χ4n) is 2.91. The average Bonchev–Trinajstić information content (AvgIpc) is 2.67. The van der Waals surface area contributed by atoms with Gasteiger partial charge in [-0.1, -0.05) is 18.2 Å². The second-order valence-electron chi connectivity index (χ2n) is 5.76. The van der Waals surface area contributed by atoms with Gasteiger partial charge in [-0.05, 0) is 47.5 Å². The van der Waals surface area contributed by atoms with E-state index >= 15 is 0 Å².